The molecular formula is C8H6F3NO. The molecule has 0 bridgehead atoms. The van der Waals surface area contributed by atoms with E-state index in [0.29, 0.717) is 6.21 Å². The number of hydrogen-bond donors (Lipinski definition) is 1. The van der Waals surface area contributed by atoms with Crippen LogP contribution in [-0.4, -0.2) is 17.6 Å². The van der Waals surface area contributed by atoms with Crippen LogP contribution in [0.5, 0.6) is 5.75 Å². The van der Waals surface area contributed by atoms with Gasteiger partial charge in [0, 0.05) is 11.8 Å². The lowest BCUT2D eigenvalue weighted by molar-refractivity contribution is -0.119. The number of phenols is 1. The lowest BCUT2D eigenvalue weighted by Crippen LogP contribution is -2.02. The SMILES string of the molecule is Oc1ccccc1/C=N/C(F)(F)F. The molecule has 70 valence electrons. The molecule has 5 heteroatoms. The Balaban J connectivity index is 2.86. The van der Waals surface area contributed by atoms with E-state index in [1.165, 1.54) is 24.3 Å². The summed E-state index contributed by atoms with van der Waals surface area (Å²) in [6.07, 6.45) is -4.02. The molecule has 0 spiro atoms. The number of hydrogen-bond acceptors (Lipinski definition) is 2. The number of phenolic OH excluding ortho intramolecular Hbond substituents is 1. The molecule has 1 aromatic carbocycles. The Kier molecular flexibility index (Phi) is 2.55. The summed E-state index contributed by atoms with van der Waals surface area (Å²) in [4.78, 5) is 2.30. The van der Waals surface area contributed by atoms with Crippen LogP contribution in [0.4, 0.5) is 13.2 Å². The highest BCUT2D eigenvalue weighted by molar-refractivity contribution is 5.83. The fraction of sp³-hybridized carbons (Fsp3) is 0.125. The van der Waals surface area contributed by atoms with E-state index in [1.807, 2.05) is 0 Å². The standard InChI is InChI=1S/C8H6F3NO/c9-8(10,11)12-5-6-3-1-2-4-7(6)13/h1-5,13H/b12-5+. The van der Waals surface area contributed by atoms with Crippen LogP contribution in [-0.2, 0) is 0 Å². The van der Waals surface area contributed by atoms with Gasteiger partial charge in [-0.3, -0.25) is 0 Å². The molecule has 0 aliphatic heterocycles. The molecule has 0 aliphatic carbocycles. The topological polar surface area (TPSA) is 32.6 Å². The first-order chi connectivity index (χ1) is 5.99. The summed E-state index contributed by atoms with van der Waals surface area (Å²) in [5, 5.41) is 9.05. The van der Waals surface area contributed by atoms with Crippen LogP contribution in [0, 0.1) is 0 Å². The van der Waals surface area contributed by atoms with Gasteiger partial charge >= 0.3 is 6.30 Å². The molecule has 1 rings (SSSR count). The number of nitrogens with zero attached hydrogens (tertiary/aromatic N) is 1. The fourth-order valence-electron chi connectivity index (χ4n) is 0.739. The number of alkyl halides is 3. The minimum Gasteiger partial charge on any atom is -0.507 e. The monoisotopic (exact) mass is 189 g/mol. The molecule has 0 saturated heterocycles. The van der Waals surface area contributed by atoms with Crippen molar-refractivity contribution in [3.05, 3.63) is 29.8 Å². The van der Waals surface area contributed by atoms with Gasteiger partial charge in [-0.2, -0.15) is 4.99 Å². The van der Waals surface area contributed by atoms with Crippen LogP contribution in [0.25, 0.3) is 0 Å². The Morgan fingerprint density at radius 1 is 1.23 bits per heavy atom. The first-order valence-corrected chi connectivity index (χ1v) is 3.39. The van der Waals surface area contributed by atoms with Gasteiger partial charge in [0.2, 0.25) is 0 Å². The number of aromatic hydroxyl groups is 1. The van der Waals surface area contributed by atoms with E-state index < -0.39 is 6.30 Å². The molecule has 2 nitrogen and oxygen atoms in total. The molecule has 0 fully saturated rings. The average Bonchev–Trinajstić information content (AvgIpc) is 2.01. The summed E-state index contributed by atoms with van der Waals surface area (Å²) < 4.78 is 34.8. The highest BCUT2D eigenvalue weighted by atomic mass is 19.4. The fourth-order valence-corrected chi connectivity index (χ4v) is 0.739. The summed E-state index contributed by atoms with van der Waals surface area (Å²) in [6, 6.07) is 5.65. The molecule has 0 saturated carbocycles. The van der Waals surface area contributed by atoms with Gasteiger partial charge in [0.15, 0.2) is 0 Å². The Labute approximate surface area is 72.3 Å². The Morgan fingerprint density at radius 2 is 1.85 bits per heavy atom. The molecule has 0 aromatic heterocycles. The van der Waals surface area contributed by atoms with Crippen LogP contribution in [0.1, 0.15) is 5.56 Å². The molecular weight excluding hydrogens is 183 g/mol. The maximum atomic E-state index is 11.6. The largest absolute Gasteiger partial charge is 0.507 e. The van der Waals surface area contributed by atoms with Gasteiger partial charge in [-0.25, -0.2) is 0 Å². The molecule has 0 radical (unpaired) electrons. The third-order valence-corrected chi connectivity index (χ3v) is 1.29. The number of para-hydroxylation sites is 1. The molecule has 0 amide bonds. The zero-order chi connectivity index (χ0) is 9.90. The number of rotatable bonds is 1. The van der Waals surface area contributed by atoms with Crippen LogP contribution in [0.2, 0.25) is 0 Å². The summed E-state index contributed by atoms with van der Waals surface area (Å²) >= 11 is 0. The van der Waals surface area contributed by atoms with Crippen molar-refractivity contribution in [1.29, 1.82) is 0 Å². The van der Waals surface area contributed by atoms with Crippen molar-refractivity contribution in [1.82, 2.24) is 0 Å². The highest BCUT2D eigenvalue weighted by Crippen LogP contribution is 2.18. The van der Waals surface area contributed by atoms with E-state index >= 15 is 0 Å². The molecule has 13 heavy (non-hydrogen) atoms. The Bertz CT molecular complexity index is 319. The first-order valence-electron chi connectivity index (χ1n) is 3.39. The molecule has 1 aromatic rings. The quantitative estimate of drug-likeness (QED) is 0.533. The van der Waals surface area contributed by atoms with Crippen LogP contribution < -0.4 is 0 Å². The summed E-state index contributed by atoms with van der Waals surface area (Å²) in [5.74, 6) is -0.226. The van der Waals surface area contributed by atoms with Crippen molar-refractivity contribution < 1.29 is 18.3 Å². The number of aliphatic imine (C=N–C) groups is 1. The predicted molar refractivity (Wildman–Crippen MR) is 41.8 cm³/mol. The number of benzene rings is 1. The summed E-state index contributed by atoms with van der Waals surface area (Å²) in [5.41, 5.74) is 0.0415. The maximum absolute atomic E-state index is 11.6. The van der Waals surface area contributed by atoms with Crippen molar-refractivity contribution in [3.8, 4) is 5.75 Å². The van der Waals surface area contributed by atoms with Crippen molar-refractivity contribution >= 4 is 6.21 Å². The van der Waals surface area contributed by atoms with E-state index in [9.17, 15) is 13.2 Å². The van der Waals surface area contributed by atoms with E-state index in [1.54, 1.807) is 0 Å². The minimum atomic E-state index is -4.59. The van der Waals surface area contributed by atoms with E-state index in [0.717, 1.165) is 0 Å². The summed E-state index contributed by atoms with van der Waals surface area (Å²) in [6.45, 7) is 0. The van der Waals surface area contributed by atoms with Crippen LogP contribution in [0.3, 0.4) is 0 Å². The van der Waals surface area contributed by atoms with Crippen molar-refractivity contribution in [2.45, 2.75) is 6.30 Å². The van der Waals surface area contributed by atoms with E-state index in [2.05, 4.69) is 4.99 Å². The highest BCUT2D eigenvalue weighted by Gasteiger charge is 2.24. The van der Waals surface area contributed by atoms with E-state index in [-0.39, 0.29) is 11.3 Å². The first kappa shape index (κ1) is 9.57. The Morgan fingerprint density at radius 3 is 2.38 bits per heavy atom. The smallest absolute Gasteiger partial charge is 0.503 e. The van der Waals surface area contributed by atoms with Crippen molar-refractivity contribution in [2.24, 2.45) is 4.99 Å². The maximum Gasteiger partial charge on any atom is 0.503 e. The predicted octanol–water partition coefficient (Wildman–Crippen LogP) is 2.33. The van der Waals surface area contributed by atoms with Gasteiger partial charge in [-0.1, -0.05) is 12.1 Å². The lowest BCUT2D eigenvalue weighted by Gasteiger charge is -1.98. The molecule has 0 aliphatic rings. The third-order valence-electron chi connectivity index (χ3n) is 1.29. The second-order valence-corrected chi connectivity index (χ2v) is 2.28. The van der Waals surface area contributed by atoms with Gasteiger partial charge in [-0.15, -0.1) is 13.2 Å². The zero-order valence-corrected chi connectivity index (χ0v) is 6.42. The van der Waals surface area contributed by atoms with Gasteiger partial charge < -0.3 is 5.11 Å². The summed E-state index contributed by atoms with van der Waals surface area (Å²) in [7, 11) is 0. The normalized spacial score (nSPS) is 12.2. The second kappa shape index (κ2) is 3.47. The molecule has 0 heterocycles. The van der Waals surface area contributed by atoms with E-state index in [4.69, 9.17) is 5.11 Å². The molecule has 0 atom stereocenters. The van der Waals surface area contributed by atoms with Crippen molar-refractivity contribution in [3.63, 3.8) is 0 Å². The van der Waals surface area contributed by atoms with Crippen LogP contribution in [0.15, 0.2) is 29.3 Å². The van der Waals surface area contributed by atoms with Crippen molar-refractivity contribution in [2.75, 3.05) is 0 Å². The van der Waals surface area contributed by atoms with Gasteiger partial charge in [0.1, 0.15) is 5.75 Å². The van der Waals surface area contributed by atoms with Gasteiger partial charge in [0.05, 0.1) is 0 Å². The third kappa shape index (κ3) is 3.14. The lowest BCUT2D eigenvalue weighted by atomic mass is 10.2. The van der Waals surface area contributed by atoms with Crippen LogP contribution >= 0.6 is 0 Å². The average molecular weight is 189 g/mol. The van der Waals surface area contributed by atoms with Gasteiger partial charge in [0.25, 0.3) is 0 Å². The van der Waals surface area contributed by atoms with Gasteiger partial charge in [-0.05, 0) is 12.1 Å². The number of halogens is 3. The minimum absolute atomic E-state index is 0.0415. The zero-order valence-electron chi connectivity index (χ0n) is 6.42. The molecule has 0 unspecified atom stereocenters. The second-order valence-electron chi connectivity index (χ2n) is 2.28. The molecule has 1 N–H and O–H groups in total. The Hall–Kier alpha value is -1.52.